The molecule has 0 aromatic rings. The Kier molecular flexibility index (Phi) is 2.90. The number of alkyl halides is 2. The maximum atomic E-state index is 13.1. The fourth-order valence-electron chi connectivity index (χ4n) is 2.70. The monoisotopic (exact) mass is 250 g/mol. The van der Waals surface area contributed by atoms with E-state index < -0.39 is 35.7 Å². The van der Waals surface area contributed by atoms with Crippen molar-refractivity contribution >= 4 is 5.97 Å². The van der Waals surface area contributed by atoms with E-state index in [-0.39, 0.29) is 26.2 Å². The molecule has 0 bridgehead atoms. The van der Waals surface area contributed by atoms with Gasteiger partial charge >= 0.3 is 5.97 Å². The van der Waals surface area contributed by atoms with Crippen molar-refractivity contribution < 1.29 is 28.2 Å². The van der Waals surface area contributed by atoms with Crippen molar-refractivity contribution in [2.45, 2.75) is 37.7 Å². The van der Waals surface area contributed by atoms with Crippen molar-refractivity contribution in [2.75, 3.05) is 19.8 Å². The molecular formula is C11H16F2O4. The molecule has 0 spiro atoms. The molecule has 98 valence electrons. The molecule has 0 radical (unpaired) electrons. The maximum Gasteiger partial charge on any atom is 0.315 e. The summed E-state index contributed by atoms with van der Waals surface area (Å²) in [5.74, 6) is -3.63. The first-order valence-electron chi connectivity index (χ1n) is 5.70. The fraction of sp³-hybridized carbons (Fsp3) is 0.909. The van der Waals surface area contributed by atoms with Gasteiger partial charge in [-0.2, -0.15) is 0 Å². The topological polar surface area (TPSA) is 55.8 Å². The molecule has 6 heteroatoms. The van der Waals surface area contributed by atoms with Crippen LogP contribution in [0.25, 0.3) is 0 Å². The fourth-order valence-corrected chi connectivity index (χ4v) is 2.70. The van der Waals surface area contributed by atoms with E-state index in [4.69, 9.17) is 9.47 Å². The normalized spacial score (nSPS) is 34.1. The van der Waals surface area contributed by atoms with Gasteiger partial charge in [-0.05, 0) is 6.92 Å². The van der Waals surface area contributed by atoms with Crippen LogP contribution in [0.5, 0.6) is 0 Å². The van der Waals surface area contributed by atoms with E-state index in [1.54, 1.807) is 6.92 Å². The SMILES string of the molecule is CCOC(=O)C1(C2(O)CCOC2)CC(F)(F)C1. The van der Waals surface area contributed by atoms with Crippen LogP contribution in [0.1, 0.15) is 26.2 Å². The number of halogens is 2. The van der Waals surface area contributed by atoms with Gasteiger partial charge in [-0.3, -0.25) is 4.79 Å². The minimum absolute atomic E-state index is 0.0815. The first-order valence-corrected chi connectivity index (χ1v) is 5.70. The van der Waals surface area contributed by atoms with Crippen molar-refractivity contribution in [2.24, 2.45) is 5.41 Å². The lowest BCUT2D eigenvalue weighted by molar-refractivity contribution is -0.246. The first kappa shape index (κ1) is 12.7. The zero-order valence-electron chi connectivity index (χ0n) is 9.67. The van der Waals surface area contributed by atoms with Gasteiger partial charge in [0.25, 0.3) is 5.92 Å². The third kappa shape index (κ3) is 1.83. The van der Waals surface area contributed by atoms with Gasteiger partial charge in [0.15, 0.2) is 0 Å². The molecule has 1 heterocycles. The predicted molar refractivity (Wildman–Crippen MR) is 53.6 cm³/mol. The molecule has 0 aromatic carbocycles. The number of aliphatic hydroxyl groups is 1. The molecule has 2 aliphatic rings. The van der Waals surface area contributed by atoms with E-state index in [0.29, 0.717) is 0 Å². The summed E-state index contributed by atoms with van der Waals surface area (Å²) in [6.45, 7) is 1.92. The highest BCUT2D eigenvalue weighted by Gasteiger charge is 2.71. The molecular weight excluding hydrogens is 234 g/mol. The molecule has 1 N–H and O–H groups in total. The summed E-state index contributed by atoms with van der Waals surface area (Å²) < 4.78 is 36.1. The summed E-state index contributed by atoms with van der Waals surface area (Å²) in [4.78, 5) is 11.9. The average Bonchev–Trinajstić information content (AvgIpc) is 2.62. The second-order valence-corrected chi connectivity index (χ2v) is 4.85. The summed E-state index contributed by atoms with van der Waals surface area (Å²) in [5, 5.41) is 10.3. The van der Waals surface area contributed by atoms with E-state index >= 15 is 0 Å². The number of rotatable bonds is 3. The summed E-state index contributed by atoms with van der Waals surface area (Å²) in [5.41, 5.74) is -3.01. The third-order valence-corrected chi connectivity index (χ3v) is 3.68. The quantitative estimate of drug-likeness (QED) is 0.762. The third-order valence-electron chi connectivity index (χ3n) is 3.68. The molecule has 2 rings (SSSR count). The largest absolute Gasteiger partial charge is 0.465 e. The predicted octanol–water partition coefficient (Wildman–Crippen LogP) is 1.12. The smallest absolute Gasteiger partial charge is 0.315 e. The highest BCUT2D eigenvalue weighted by atomic mass is 19.3. The van der Waals surface area contributed by atoms with E-state index in [1.165, 1.54) is 0 Å². The summed E-state index contributed by atoms with van der Waals surface area (Å²) in [7, 11) is 0. The summed E-state index contributed by atoms with van der Waals surface area (Å²) in [6.07, 6.45) is -1.11. The second-order valence-electron chi connectivity index (χ2n) is 4.85. The van der Waals surface area contributed by atoms with Crippen LogP contribution in [0, 0.1) is 5.41 Å². The molecule has 1 unspecified atom stereocenters. The molecule has 1 aliphatic carbocycles. The number of hydrogen-bond donors (Lipinski definition) is 1. The Bertz CT molecular complexity index is 315. The lowest BCUT2D eigenvalue weighted by Gasteiger charge is -2.52. The van der Waals surface area contributed by atoms with Crippen LogP contribution >= 0.6 is 0 Å². The molecule has 17 heavy (non-hydrogen) atoms. The molecule has 1 aliphatic heterocycles. The molecule has 4 nitrogen and oxygen atoms in total. The van der Waals surface area contributed by atoms with Gasteiger partial charge in [0.05, 0.1) is 13.2 Å². The van der Waals surface area contributed by atoms with E-state index in [0.717, 1.165) is 0 Å². The summed E-state index contributed by atoms with van der Waals surface area (Å²) in [6, 6.07) is 0. The van der Waals surface area contributed by atoms with Crippen LogP contribution in [-0.2, 0) is 14.3 Å². The zero-order chi connectivity index (χ0) is 12.7. The minimum atomic E-state index is -2.90. The Balaban J connectivity index is 2.23. The van der Waals surface area contributed by atoms with E-state index in [9.17, 15) is 18.7 Å². The van der Waals surface area contributed by atoms with Crippen molar-refractivity contribution in [3.63, 3.8) is 0 Å². The Morgan fingerprint density at radius 2 is 2.12 bits per heavy atom. The van der Waals surface area contributed by atoms with Gasteiger partial charge in [0, 0.05) is 25.9 Å². The lowest BCUT2D eigenvalue weighted by Crippen LogP contribution is -2.65. The Morgan fingerprint density at radius 3 is 2.53 bits per heavy atom. The standard InChI is InChI=1S/C11H16F2O4/c1-2-17-8(14)9(5-11(12,13)6-9)10(15)3-4-16-7-10/h15H,2-7H2,1H3. The van der Waals surface area contributed by atoms with Gasteiger partial charge in [-0.1, -0.05) is 0 Å². The van der Waals surface area contributed by atoms with Crippen LogP contribution in [-0.4, -0.2) is 42.4 Å². The van der Waals surface area contributed by atoms with Crippen molar-refractivity contribution in [1.29, 1.82) is 0 Å². The highest BCUT2D eigenvalue weighted by molar-refractivity contribution is 5.80. The van der Waals surface area contributed by atoms with Gasteiger partial charge in [0.1, 0.15) is 11.0 Å². The molecule has 0 aromatic heterocycles. The van der Waals surface area contributed by atoms with Crippen LogP contribution < -0.4 is 0 Å². The molecule has 1 saturated carbocycles. The lowest BCUT2D eigenvalue weighted by atomic mass is 9.56. The Morgan fingerprint density at radius 1 is 1.47 bits per heavy atom. The van der Waals surface area contributed by atoms with Crippen molar-refractivity contribution in [3.8, 4) is 0 Å². The van der Waals surface area contributed by atoms with Crippen LogP contribution in [0.15, 0.2) is 0 Å². The van der Waals surface area contributed by atoms with Crippen LogP contribution in [0.3, 0.4) is 0 Å². The highest BCUT2D eigenvalue weighted by Crippen LogP contribution is 2.60. The number of carbonyl (C=O) groups excluding carboxylic acids is 1. The molecule has 2 fully saturated rings. The van der Waals surface area contributed by atoms with E-state index in [2.05, 4.69) is 0 Å². The Labute approximate surface area is 97.9 Å². The minimum Gasteiger partial charge on any atom is -0.465 e. The van der Waals surface area contributed by atoms with E-state index in [1.807, 2.05) is 0 Å². The van der Waals surface area contributed by atoms with Crippen LogP contribution in [0.4, 0.5) is 8.78 Å². The molecule has 1 atom stereocenters. The van der Waals surface area contributed by atoms with Crippen molar-refractivity contribution in [3.05, 3.63) is 0 Å². The Hall–Kier alpha value is -0.750. The number of hydrogen-bond acceptors (Lipinski definition) is 4. The molecule has 0 amide bonds. The van der Waals surface area contributed by atoms with Gasteiger partial charge < -0.3 is 14.6 Å². The maximum absolute atomic E-state index is 13.1. The number of carbonyl (C=O) groups is 1. The average molecular weight is 250 g/mol. The van der Waals surface area contributed by atoms with Gasteiger partial charge in [0.2, 0.25) is 0 Å². The number of esters is 1. The molecule has 1 saturated heterocycles. The second kappa shape index (κ2) is 3.88. The van der Waals surface area contributed by atoms with Crippen molar-refractivity contribution in [1.82, 2.24) is 0 Å². The first-order chi connectivity index (χ1) is 7.85. The van der Waals surface area contributed by atoms with Gasteiger partial charge in [-0.25, -0.2) is 8.78 Å². The zero-order valence-corrected chi connectivity index (χ0v) is 9.67. The van der Waals surface area contributed by atoms with Gasteiger partial charge in [-0.15, -0.1) is 0 Å². The van der Waals surface area contributed by atoms with Crippen LogP contribution in [0.2, 0.25) is 0 Å². The number of ether oxygens (including phenoxy) is 2. The summed E-state index contributed by atoms with van der Waals surface area (Å²) >= 11 is 0.